The molecule has 0 aliphatic carbocycles. The summed E-state index contributed by atoms with van der Waals surface area (Å²) >= 11 is 0. The van der Waals surface area contributed by atoms with E-state index in [1.54, 1.807) is 0 Å². The van der Waals surface area contributed by atoms with Gasteiger partial charge in [0.05, 0.1) is 0 Å². The monoisotopic (exact) mass is 156 g/mol. The Morgan fingerprint density at radius 3 is 2.64 bits per heavy atom. The highest BCUT2D eigenvalue weighted by Gasteiger charge is 2.17. The topological polar surface area (TPSA) is 15.3 Å². The van der Waals surface area contributed by atoms with E-state index in [1.165, 1.54) is 39.0 Å². The normalized spacial score (nSPS) is 18.8. The van der Waals surface area contributed by atoms with Gasteiger partial charge >= 0.3 is 0 Å². The van der Waals surface area contributed by atoms with Crippen LogP contribution in [0.3, 0.4) is 0 Å². The van der Waals surface area contributed by atoms with Crippen LogP contribution in [0.25, 0.3) is 0 Å². The highest BCUT2D eigenvalue weighted by Crippen LogP contribution is 2.04. The number of rotatable bonds is 5. The van der Waals surface area contributed by atoms with Gasteiger partial charge in [-0.05, 0) is 25.9 Å². The molecule has 0 aromatic carbocycles. The first kappa shape index (κ1) is 9.01. The third kappa shape index (κ3) is 3.21. The fourth-order valence-corrected chi connectivity index (χ4v) is 1.44. The summed E-state index contributed by atoms with van der Waals surface area (Å²) in [6, 6.07) is 0. The molecule has 2 nitrogen and oxygen atoms in total. The first-order valence-electron chi connectivity index (χ1n) is 4.72. The first-order valence-corrected chi connectivity index (χ1v) is 4.72. The van der Waals surface area contributed by atoms with Gasteiger partial charge in [0.25, 0.3) is 0 Å². The molecule has 1 heterocycles. The predicted octanol–water partition coefficient (Wildman–Crippen LogP) is 0.938. The Morgan fingerprint density at radius 2 is 2.18 bits per heavy atom. The molecule has 0 aromatic heterocycles. The lowest BCUT2D eigenvalue weighted by Gasteiger charge is -2.31. The summed E-state index contributed by atoms with van der Waals surface area (Å²) in [5.41, 5.74) is 0. The molecule has 1 N–H and O–H groups in total. The van der Waals surface area contributed by atoms with Crippen molar-refractivity contribution in [1.29, 1.82) is 0 Å². The van der Waals surface area contributed by atoms with Crippen LogP contribution in [0, 0.1) is 5.92 Å². The quantitative estimate of drug-likeness (QED) is 0.637. The summed E-state index contributed by atoms with van der Waals surface area (Å²) in [5.74, 6) is 0.928. The Kier molecular flexibility index (Phi) is 3.87. The minimum Gasteiger partial charge on any atom is -0.316 e. The van der Waals surface area contributed by atoms with E-state index >= 15 is 0 Å². The summed E-state index contributed by atoms with van der Waals surface area (Å²) in [6.45, 7) is 7.27. The first-order chi connectivity index (χ1) is 5.33. The summed E-state index contributed by atoms with van der Waals surface area (Å²) < 4.78 is 0. The number of hydrogen-bond donors (Lipinski definition) is 1. The van der Waals surface area contributed by atoms with E-state index in [0.717, 1.165) is 5.92 Å². The molecule has 1 aliphatic heterocycles. The Labute approximate surface area is 70.0 Å². The third-order valence-corrected chi connectivity index (χ3v) is 2.33. The molecule has 1 saturated heterocycles. The maximum atomic E-state index is 3.30. The summed E-state index contributed by atoms with van der Waals surface area (Å²) in [5, 5.41) is 3.30. The Morgan fingerprint density at radius 1 is 1.45 bits per heavy atom. The summed E-state index contributed by atoms with van der Waals surface area (Å²) in [6.07, 6.45) is 2.66. The van der Waals surface area contributed by atoms with Crippen LogP contribution in [-0.4, -0.2) is 38.1 Å². The molecule has 66 valence electrons. The minimum absolute atomic E-state index is 0.928. The maximum absolute atomic E-state index is 3.30. The standard InChI is InChI=1S/C9H20N2/c1-3-4-5-11(2)8-9-6-10-7-9/h9-10H,3-8H2,1-2H3. The Hall–Kier alpha value is -0.0800. The van der Waals surface area contributed by atoms with Gasteiger partial charge in [-0.2, -0.15) is 0 Å². The zero-order valence-electron chi connectivity index (χ0n) is 7.77. The van der Waals surface area contributed by atoms with E-state index in [0.29, 0.717) is 0 Å². The summed E-state index contributed by atoms with van der Waals surface area (Å²) in [4.78, 5) is 2.45. The van der Waals surface area contributed by atoms with Gasteiger partial charge in [-0.1, -0.05) is 13.3 Å². The fourth-order valence-electron chi connectivity index (χ4n) is 1.44. The third-order valence-electron chi connectivity index (χ3n) is 2.33. The number of unbranched alkanes of at least 4 members (excludes halogenated alkanes) is 1. The molecule has 2 heteroatoms. The molecule has 0 radical (unpaired) electrons. The van der Waals surface area contributed by atoms with Crippen molar-refractivity contribution in [3.8, 4) is 0 Å². The van der Waals surface area contributed by atoms with Crippen LogP contribution in [0.1, 0.15) is 19.8 Å². The van der Waals surface area contributed by atoms with Gasteiger partial charge in [-0.25, -0.2) is 0 Å². The maximum Gasteiger partial charge on any atom is 0.00309 e. The average Bonchev–Trinajstić information content (AvgIpc) is 1.93. The SMILES string of the molecule is CCCCN(C)CC1CNC1. The van der Waals surface area contributed by atoms with E-state index in [4.69, 9.17) is 0 Å². The van der Waals surface area contributed by atoms with Crippen LogP contribution in [0.4, 0.5) is 0 Å². The van der Waals surface area contributed by atoms with Gasteiger partial charge in [0, 0.05) is 19.6 Å². The second kappa shape index (κ2) is 4.73. The van der Waals surface area contributed by atoms with Crippen molar-refractivity contribution in [3.05, 3.63) is 0 Å². The van der Waals surface area contributed by atoms with Crippen molar-refractivity contribution >= 4 is 0 Å². The van der Waals surface area contributed by atoms with Crippen LogP contribution in [0.2, 0.25) is 0 Å². The van der Waals surface area contributed by atoms with Crippen molar-refractivity contribution in [3.63, 3.8) is 0 Å². The lowest BCUT2D eigenvalue weighted by Crippen LogP contribution is -2.47. The van der Waals surface area contributed by atoms with Crippen molar-refractivity contribution in [2.45, 2.75) is 19.8 Å². The largest absolute Gasteiger partial charge is 0.316 e. The van der Waals surface area contributed by atoms with E-state index in [2.05, 4.69) is 24.2 Å². The molecule has 0 spiro atoms. The molecule has 0 aromatic rings. The van der Waals surface area contributed by atoms with E-state index in [9.17, 15) is 0 Å². The highest BCUT2D eigenvalue weighted by molar-refractivity contribution is 4.76. The van der Waals surface area contributed by atoms with Crippen molar-refractivity contribution in [1.82, 2.24) is 10.2 Å². The van der Waals surface area contributed by atoms with E-state index < -0.39 is 0 Å². The molecule has 0 atom stereocenters. The second-order valence-electron chi connectivity index (χ2n) is 3.64. The van der Waals surface area contributed by atoms with Gasteiger partial charge in [-0.15, -0.1) is 0 Å². The molecular weight excluding hydrogens is 136 g/mol. The second-order valence-corrected chi connectivity index (χ2v) is 3.64. The molecule has 0 bridgehead atoms. The number of nitrogens with zero attached hydrogens (tertiary/aromatic N) is 1. The van der Waals surface area contributed by atoms with Crippen LogP contribution < -0.4 is 5.32 Å². The highest BCUT2D eigenvalue weighted by atomic mass is 15.1. The molecule has 0 unspecified atom stereocenters. The van der Waals surface area contributed by atoms with Gasteiger partial charge in [-0.3, -0.25) is 0 Å². The lowest BCUT2D eigenvalue weighted by molar-refractivity contribution is 0.222. The molecule has 0 saturated carbocycles. The minimum atomic E-state index is 0.928. The number of nitrogens with one attached hydrogen (secondary N) is 1. The molecule has 0 amide bonds. The zero-order chi connectivity index (χ0) is 8.10. The van der Waals surface area contributed by atoms with E-state index in [-0.39, 0.29) is 0 Å². The van der Waals surface area contributed by atoms with E-state index in [1.807, 2.05) is 0 Å². The Balaban J connectivity index is 1.95. The van der Waals surface area contributed by atoms with Crippen molar-refractivity contribution < 1.29 is 0 Å². The molecular formula is C9H20N2. The van der Waals surface area contributed by atoms with Crippen LogP contribution in [0.15, 0.2) is 0 Å². The van der Waals surface area contributed by atoms with Crippen LogP contribution >= 0.6 is 0 Å². The van der Waals surface area contributed by atoms with Crippen molar-refractivity contribution in [2.75, 3.05) is 33.2 Å². The van der Waals surface area contributed by atoms with Crippen LogP contribution in [-0.2, 0) is 0 Å². The molecule has 1 aliphatic rings. The average molecular weight is 156 g/mol. The molecule has 1 rings (SSSR count). The summed E-state index contributed by atoms with van der Waals surface area (Å²) in [7, 11) is 2.23. The van der Waals surface area contributed by atoms with Gasteiger partial charge < -0.3 is 10.2 Å². The predicted molar refractivity (Wildman–Crippen MR) is 48.8 cm³/mol. The molecule has 1 fully saturated rings. The van der Waals surface area contributed by atoms with Gasteiger partial charge in [0.2, 0.25) is 0 Å². The number of hydrogen-bond acceptors (Lipinski definition) is 2. The van der Waals surface area contributed by atoms with Gasteiger partial charge in [0.15, 0.2) is 0 Å². The Bertz CT molecular complexity index is 99.7. The lowest BCUT2D eigenvalue weighted by atomic mass is 10.0. The van der Waals surface area contributed by atoms with Crippen molar-refractivity contribution in [2.24, 2.45) is 5.92 Å². The smallest absolute Gasteiger partial charge is 0.00309 e. The molecule has 11 heavy (non-hydrogen) atoms. The van der Waals surface area contributed by atoms with Crippen LogP contribution in [0.5, 0.6) is 0 Å². The van der Waals surface area contributed by atoms with Gasteiger partial charge in [0.1, 0.15) is 0 Å². The zero-order valence-corrected chi connectivity index (χ0v) is 7.77. The fraction of sp³-hybridized carbons (Fsp3) is 1.00.